The smallest absolute Gasteiger partial charge is 0.549 e. The number of anilines is 1. The maximum atomic E-state index is 11.9. The Labute approximate surface area is 189 Å². The third-order valence-corrected chi connectivity index (χ3v) is 3.93. The molecule has 0 fully saturated rings. The van der Waals surface area contributed by atoms with E-state index in [0.29, 0.717) is 30.5 Å². The van der Waals surface area contributed by atoms with E-state index < -0.39 is 23.8 Å². The molecule has 9 N–H and O–H groups in total. The molecule has 0 atom stereocenters. The molecule has 1 aromatic rings. The number of benzene rings is 1. The topological polar surface area (TPSA) is 229 Å². The molecule has 0 unspecified atom stereocenters. The molecule has 30 heavy (non-hydrogen) atoms. The normalized spacial score (nSPS) is 9.40. The van der Waals surface area contributed by atoms with Gasteiger partial charge in [-0.15, -0.1) is 0 Å². The molecule has 0 aliphatic heterocycles. The van der Waals surface area contributed by atoms with Crippen LogP contribution in [-0.2, 0) is 46.7 Å². The van der Waals surface area contributed by atoms with Gasteiger partial charge in [0.1, 0.15) is 0 Å². The fourth-order valence-electron chi connectivity index (χ4n) is 2.43. The van der Waals surface area contributed by atoms with E-state index in [1.54, 1.807) is 17.6 Å². The van der Waals surface area contributed by atoms with Gasteiger partial charge in [-0.1, -0.05) is 25.0 Å². The Kier molecular flexibility index (Phi) is 18.9. The average Bonchev–Trinajstić information content (AvgIpc) is 2.63. The van der Waals surface area contributed by atoms with E-state index in [2.05, 4.69) is 5.32 Å². The number of amides is 2. The van der Waals surface area contributed by atoms with E-state index in [0.717, 1.165) is 12.8 Å². The second-order valence-electron chi connectivity index (χ2n) is 6.09. The summed E-state index contributed by atoms with van der Waals surface area (Å²) in [6.45, 7) is 0. The largest absolute Gasteiger partial charge is 2.00 e. The number of carbonyl (C=O) groups excluding carboxylic acids is 4. The van der Waals surface area contributed by atoms with Crippen LogP contribution in [0.15, 0.2) is 24.3 Å². The van der Waals surface area contributed by atoms with E-state index >= 15 is 0 Å². The van der Waals surface area contributed by atoms with E-state index in [1.165, 1.54) is 12.1 Å². The molecule has 1 rings (SSSR count). The van der Waals surface area contributed by atoms with Gasteiger partial charge < -0.3 is 37.4 Å². The predicted octanol–water partition coefficient (Wildman–Crippen LogP) is -0.549. The Bertz CT molecular complexity index is 657. The third-order valence-electron chi connectivity index (χ3n) is 3.93. The molecule has 172 valence electrons. The van der Waals surface area contributed by atoms with Crippen LogP contribution in [0.1, 0.15) is 44.1 Å². The van der Waals surface area contributed by atoms with Gasteiger partial charge in [-0.2, -0.15) is 0 Å². The molecule has 0 saturated heterocycles. The number of aliphatic carboxylic acids is 2. The second-order valence-corrected chi connectivity index (χ2v) is 6.09. The molecular weight excluding hydrogens is 579 g/mol. The van der Waals surface area contributed by atoms with Crippen molar-refractivity contribution >= 4 is 29.4 Å². The fraction of sp³-hybridized carbons (Fsp3) is 0.444. The molecule has 0 spiro atoms. The van der Waals surface area contributed by atoms with E-state index in [9.17, 15) is 29.4 Å². The van der Waals surface area contributed by atoms with Gasteiger partial charge in [-0.3, -0.25) is 14.8 Å². The van der Waals surface area contributed by atoms with E-state index in [4.69, 9.17) is 5.21 Å². The Morgan fingerprint density at radius 3 is 1.73 bits per heavy atom. The number of nitrogens with one attached hydrogen (secondary N) is 2. The van der Waals surface area contributed by atoms with Crippen molar-refractivity contribution in [2.45, 2.75) is 44.9 Å². The van der Waals surface area contributed by atoms with Crippen molar-refractivity contribution in [1.82, 2.24) is 17.8 Å². The second kappa shape index (κ2) is 17.5. The Morgan fingerprint density at radius 1 is 0.833 bits per heavy atom. The monoisotopic (exact) mass is 607 g/mol. The molecule has 0 aromatic heterocycles. The minimum Gasteiger partial charge on any atom is -0.549 e. The minimum atomic E-state index is -1.73. The van der Waals surface area contributed by atoms with E-state index in [1.807, 2.05) is 0 Å². The molecule has 0 bridgehead atoms. The zero-order chi connectivity index (χ0) is 20.2. The van der Waals surface area contributed by atoms with Gasteiger partial charge in [0.05, 0.1) is 11.9 Å². The van der Waals surface area contributed by atoms with Crippen LogP contribution in [0.4, 0.5) is 5.69 Å². The van der Waals surface area contributed by atoms with Crippen molar-refractivity contribution in [3.05, 3.63) is 29.8 Å². The van der Waals surface area contributed by atoms with Gasteiger partial charge in [-0.05, 0) is 37.0 Å². The summed E-state index contributed by atoms with van der Waals surface area (Å²) in [4.78, 5) is 44.2. The zero-order valence-corrected chi connectivity index (χ0v) is 18.7. The molecule has 12 heteroatoms. The molecule has 0 heterocycles. The summed E-state index contributed by atoms with van der Waals surface area (Å²) in [6, 6.07) is 6.17. The zero-order valence-electron chi connectivity index (χ0n) is 16.5. The predicted molar refractivity (Wildman–Crippen MR) is 100.0 cm³/mol. The Morgan fingerprint density at radius 2 is 1.30 bits per heavy atom. The number of carboxylic acids is 2. The summed E-state index contributed by atoms with van der Waals surface area (Å²) in [5, 5.41) is 32.5. The first kappa shape index (κ1) is 32.3. The van der Waals surface area contributed by atoms with Gasteiger partial charge in [0.25, 0.3) is 0 Å². The fourth-order valence-corrected chi connectivity index (χ4v) is 2.43. The third kappa shape index (κ3) is 13.0. The Hall–Kier alpha value is -2.33. The summed E-state index contributed by atoms with van der Waals surface area (Å²) in [5.41, 5.74) is 2.55. The molecule has 1 aromatic carbocycles. The van der Waals surface area contributed by atoms with Crippen molar-refractivity contribution < 1.29 is 55.7 Å². The number of hydrogen-bond donors (Lipinski definition) is 5. The SMILES string of the molecule is N.N.O=C(CCCCCCC(=O)Nc1ccc(CC(C(=O)[O-])C(=O)[O-])cc1)NO.[Pt+2]. The standard InChI is InChI=1S/C18H24N2O7.2H3N.Pt/c21-15(5-3-1-2-4-6-16(22)20-27)19-13-9-7-12(8-10-13)11-14(17(23)24)18(25)26;;;/h7-10,14,27H,1-6,11H2,(H,19,21)(H,20,22)(H,23,24)(H,25,26);2*1H3;/q;;;+2/p-2. The number of unbranched alkanes of at least 4 members (excludes halogenated alkanes) is 3. The van der Waals surface area contributed by atoms with Gasteiger partial charge in [0.15, 0.2) is 0 Å². The van der Waals surface area contributed by atoms with Crippen LogP contribution in [0, 0.1) is 5.92 Å². The summed E-state index contributed by atoms with van der Waals surface area (Å²) < 4.78 is 0. The minimum absolute atomic E-state index is 0. The van der Waals surface area contributed by atoms with Crippen molar-refractivity contribution in [1.29, 1.82) is 0 Å². The van der Waals surface area contributed by atoms with Crippen LogP contribution < -0.4 is 33.3 Å². The number of hydrogen-bond acceptors (Lipinski definition) is 9. The van der Waals surface area contributed by atoms with Crippen LogP contribution in [0.3, 0.4) is 0 Å². The van der Waals surface area contributed by atoms with Gasteiger partial charge in [-0.25, -0.2) is 5.48 Å². The molecule has 0 radical (unpaired) electrons. The molecule has 0 aliphatic carbocycles. The number of rotatable bonds is 12. The maximum absolute atomic E-state index is 11.9. The van der Waals surface area contributed by atoms with Gasteiger partial charge in [0, 0.05) is 24.4 Å². The summed E-state index contributed by atoms with van der Waals surface area (Å²) in [6.07, 6.45) is 3.13. The van der Waals surface area contributed by atoms with Gasteiger partial charge >= 0.3 is 21.1 Å². The van der Waals surface area contributed by atoms with Crippen LogP contribution in [-0.4, -0.2) is 29.0 Å². The van der Waals surface area contributed by atoms with Crippen LogP contribution in [0.2, 0.25) is 0 Å². The first-order valence-corrected chi connectivity index (χ1v) is 8.57. The Balaban J connectivity index is -0.00000243. The molecule has 2 amide bonds. The van der Waals surface area contributed by atoms with Crippen molar-refractivity contribution in [3.8, 4) is 0 Å². The molecular formula is C18H28N4O7Pt. The number of carbonyl (C=O) groups is 4. The van der Waals surface area contributed by atoms with Gasteiger partial charge in [0.2, 0.25) is 11.8 Å². The van der Waals surface area contributed by atoms with Crippen LogP contribution in [0.5, 0.6) is 0 Å². The summed E-state index contributed by atoms with van der Waals surface area (Å²) >= 11 is 0. The van der Waals surface area contributed by atoms with Crippen LogP contribution in [0.25, 0.3) is 0 Å². The van der Waals surface area contributed by atoms with Crippen LogP contribution >= 0.6 is 0 Å². The quantitative estimate of drug-likeness (QED) is 0.0887. The number of carboxylic acid groups (broad SMARTS) is 2. The first-order valence-electron chi connectivity index (χ1n) is 8.57. The van der Waals surface area contributed by atoms with Crippen molar-refractivity contribution in [2.75, 3.05) is 5.32 Å². The molecule has 11 nitrogen and oxygen atoms in total. The summed E-state index contributed by atoms with van der Waals surface area (Å²) in [5.74, 6) is -5.75. The maximum Gasteiger partial charge on any atom is 2.00 e. The molecule has 0 aliphatic rings. The van der Waals surface area contributed by atoms with Crippen molar-refractivity contribution in [2.24, 2.45) is 5.92 Å². The number of hydroxylamine groups is 1. The van der Waals surface area contributed by atoms with E-state index in [-0.39, 0.29) is 52.1 Å². The first-order chi connectivity index (χ1) is 12.8. The molecule has 0 saturated carbocycles. The average molecular weight is 608 g/mol. The summed E-state index contributed by atoms with van der Waals surface area (Å²) in [7, 11) is 0. The van der Waals surface area contributed by atoms with Crippen molar-refractivity contribution in [3.63, 3.8) is 0 Å².